The smallest absolute Gasteiger partial charge is 0.352 e. The summed E-state index contributed by atoms with van der Waals surface area (Å²) in [7, 11) is 1.26. The number of carboxylic acid groups (broad SMARTS) is 1. The molecule has 0 spiro atoms. The van der Waals surface area contributed by atoms with Gasteiger partial charge in [0.05, 0.1) is 19.7 Å². The fourth-order valence-electron chi connectivity index (χ4n) is 3.85. The van der Waals surface area contributed by atoms with Gasteiger partial charge in [0, 0.05) is 17.3 Å². The zero-order valence-electron chi connectivity index (χ0n) is 18.8. The summed E-state index contributed by atoms with van der Waals surface area (Å²) in [5, 5.41) is 34.5. The number of aliphatic carboxylic acids is 1. The SMILES string of the molecule is CO/N=C(/C(=O)N[C@@H]1C(=O)N2C(C(=O)O)=C(Cn3ccc(=N)n3CCO)CS[C@H]12)c1csc(N)n1.Cl. The van der Waals surface area contributed by atoms with Crippen molar-refractivity contribution < 1.29 is 29.4 Å². The van der Waals surface area contributed by atoms with Gasteiger partial charge >= 0.3 is 5.97 Å². The highest BCUT2D eigenvalue weighted by atomic mass is 35.5. The molecule has 2 aromatic rings. The van der Waals surface area contributed by atoms with Gasteiger partial charge < -0.3 is 26.1 Å². The normalized spacial score (nSPS) is 19.3. The summed E-state index contributed by atoms with van der Waals surface area (Å²) in [4.78, 5) is 47.8. The molecular weight excluding hydrogens is 536 g/mol. The van der Waals surface area contributed by atoms with Crippen LogP contribution in [0.15, 0.2) is 34.1 Å². The van der Waals surface area contributed by atoms with Crippen molar-refractivity contribution in [3.05, 3.63) is 40.1 Å². The summed E-state index contributed by atoms with van der Waals surface area (Å²) in [5.41, 5.74) is 6.14. The van der Waals surface area contributed by atoms with E-state index < -0.39 is 29.2 Å². The number of nitrogens with two attached hydrogens (primary N) is 1. The van der Waals surface area contributed by atoms with Crippen LogP contribution in [0.3, 0.4) is 0 Å². The Morgan fingerprint density at radius 3 is 2.81 bits per heavy atom. The van der Waals surface area contributed by atoms with E-state index in [1.807, 2.05) is 0 Å². The highest BCUT2D eigenvalue weighted by molar-refractivity contribution is 8.00. The fraction of sp³-hybridized carbons (Fsp3) is 0.368. The van der Waals surface area contributed by atoms with E-state index in [0.717, 1.165) is 16.2 Å². The molecule has 17 heteroatoms. The van der Waals surface area contributed by atoms with Crippen molar-refractivity contribution in [3.8, 4) is 0 Å². The molecule has 0 aliphatic carbocycles. The van der Waals surface area contributed by atoms with Crippen LogP contribution in [0.4, 0.5) is 5.13 Å². The van der Waals surface area contributed by atoms with E-state index >= 15 is 0 Å². The molecule has 1 fully saturated rings. The van der Waals surface area contributed by atoms with E-state index in [9.17, 15) is 24.6 Å². The molecule has 0 bridgehead atoms. The number of amides is 2. The number of thioether (sulfide) groups is 1. The van der Waals surface area contributed by atoms with Crippen LogP contribution in [-0.4, -0.2) is 83.8 Å². The maximum absolute atomic E-state index is 13.0. The van der Waals surface area contributed by atoms with Crippen LogP contribution in [0, 0.1) is 5.41 Å². The van der Waals surface area contributed by atoms with Crippen LogP contribution >= 0.6 is 35.5 Å². The Balaban J connectivity index is 0.00000361. The Morgan fingerprint density at radius 1 is 1.44 bits per heavy atom. The van der Waals surface area contributed by atoms with E-state index in [1.54, 1.807) is 10.9 Å². The maximum Gasteiger partial charge on any atom is 0.352 e. The molecular formula is C19H23ClN8O6S2. The number of nitrogens with zero attached hydrogens (tertiary/aromatic N) is 5. The number of nitrogen functional groups attached to an aromatic ring is 1. The summed E-state index contributed by atoms with van der Waals surface area (Å²) < 4.78 is 3.13. The topological polar surface area (TPSA) is 201 Å². The zero-order valence-corrected chi connectivity index (χ0v) is 21.2. The number of rotatable bonds is 9. The molecule has 2 atom stereocenters. The van der Waals surface area contributed by atoms with E-state index in [2.05, 4.69) is 15.5 Å². The first-order valence-corrected chi connectivity index (χ1v) is 12.1. The number of halogens is 1. The van der Waals surface area contributed by atoms with Crippen molar-refractivity contribution in [1.82, 2.24) is 24.6 Å². The number of nitrogens with one attached hydrogen (secondary N) is 2. The first-order chi connectivity index (χ1) is 16.8. The standard InChI is InChI=1S/C19H22N8O6S2.ClH/c1-33-24-12(10-8-35-19(21)22-10)15(29)23-13-16(30)27-14(18(31)32)9(7-34-17(13)27)6-25-3-2-11(20)26(25)4-5-28;/h2-3,8,13,17,20,28H,4-7H2,1H3,(H2,21,22)(H,23,29)(H,31,32);1H/b20-11?,24-12+;/t13-,17-;/m1./s1. The minimum Gasteiger partial charge on any atom is -0.477 e. The lowest BCUT2D eigenvalue weighted by Crippen LogP contribution is -2.71. The number of hydrogen-bond donors (Lipinski definition) is 5. The molecule has 0 radical (unpaired) electrons. The van der Waals surface area contributed by atoms with Crippen molar-refractivity contribution in [2.75, 3.05) is 25.2 Å². The number of thiazole rings is 1. The molecule has 0 aromatic carbocycles. The third-order valence-corrected chi connectivity index (χ3v) is 7.37. The second-order valence-corrected chi connectivity index (χ2v) is 9.45. The third kappa shape index (κ3) is 4.97. The van der Waals surface area contributed by atoms with E-state index in [4.69, 9.17) is 16.0 Å². The molecule has 1 saturated heterocycles. The molecule has 4 rings (SSSR count). The molecule has 2 aromatic heterocycles. The zero-order chi connectivity index (χ0) is 25.3. The molecule has 2 amide bonds. The second kappa shape index (κ2) is 11.2. The Bertz CT molecular complexity index is 1300. The van der Waals surface area contributed by atoms with Crippen molar-refractivity contribution in [3.63, 3.8) is 0 Å². The Labute approximate surface area is 218 Å². The minimum absolute atomic E-state index is 0. The van der Waals surface area contributed by atoms with Crippen molar-refractivity contribution in [2.45, 2.75) is 24.5 Å². The van der Waals surface area contributed by atoms with Gasteiger partial charge in [0.25, 0.3) is 11.8 Å². The van der Waals surface area contributed by atoms with Gasteiger partial charge in [-0.2, -0.15) is 0 Å². The number of carbonyl (C=O) groups excluding carboxylic acids is 2. The Hall–Kier alpha value is -3.34. The number of anilines is 1. The maximum atomic E-state index is 13.0. The number of aromatic nitrogens is 3. The van der Waals surface area contributed by atoms with Gasteiger partial charge in [-0.15, -0.1) is 35.5 Å². The van der Waals surface area contributed by atoms with Crippen molar-refractivity contribution in [2.24, 2.45) is 5.16 Å². The van der Waals surface area contributed by atoms with Gasteiger partial charge in [-0.3, -0.25) is 29.3 Å². The highest BCUT2D eigenvalue weighted by Gasteiger charge is 2.54. The van der Waals surface area contributed by atoms with Gasteiger partial charge in [0.15, 0.2) is 10.8 Å². The van der Waals surface area contributed by atoms with Gasteiger partial charge in [-0.25, -0.2) is 9.78 Å². The predicted molar refractivity (Wildman–Crippen MR) is 132 cm³/mol. The molecule has 14 nitrogen and oxygen atoms in total. The summed E-state index contributed by atoms with van der Waals surface area (Å²) in [6.45, 7) is 0.108. The van der Waals surface area contributed by atoms with Gasteiger partial charge in [-0.1, -0.05) is 5.16 Å². The quantitative estimate of drug-likeness (QED) is 0.145. The lowest BCUT2D eigenvalue weighted by Gasteiger charge is -2.49. The van der Waals surface area contributed by atoms with Gasteiger partial charge in [-0.05, 0) is 11.6 Å². The summed E-state index contributed by atoms with van der Waals surface area (Å²) in [6, 6.07) is 0.567. The van der Waals surface area contributed by atoms with E-state index in [0.29, 0.717) is 5.57 Å². The molecule has 4 heterocycles. The van der Waals surface area contributed by atoms with Crippen molar-refractivity contribution in [1.29, 1.82) is 5.41 Å². The molecule has 2 aliphatic rings. The lowest BCUT2D eigenvalue weighted by atomic mass is 10.0. The van der Waals surface area contributed by atoms with Crippen LogP contribution in [0.1, 0.15) is 5.69 Å². The Morgan fingerprint density at radius 2 is 2.19 bits per heavy atom. The number of carboxylic acids is 1. The van der Waals surface area contributed by atoms with Crippen LogP contribution in [-0.2, 0) is 32.3 Å². The number of hydrogen-bond acceptors (Lipinski definition) is 11. The molecule has 36 heavy (non-hydrogen) atoms. The molecule has 0 saturated carbocycles. The van der Waals surface area contributed by atoms with Crippen LogP contribution in [0.2, 0.25) is 0 Å². The largest absolute Gasteiger partial charge is 0.477 e. The first kappa shape index (κ1) is 27.3. The fourth-order valence-corrected chi connectivity index (χ4v) is 5.73. The monoisotopic (exact) mass is 558 g/mol. The average Bonchev–Trinajstić information content (AvgIpc) is 3.41. The van der Waals surface area contributed by atoms with Gasteiger partial charge in [0.1, 0.15) is 35.4 Å². The molecule has 194 valence electrons. The number of fused-ring (bicyclic) bond motifs is 1. The first-order valence-electron chi connectivity index (χ1n) is 10.2. The molecule has 0 unspecified atom stereocenters. The summed E-state index contributed by atoms with van der Waals surface area (Å²) in [6.07, 6.45) is 1.62. The third-order valence-electron chi connectivity index (χ3n) is 5.36. The number of oxime groups is 1. The lowest BCUT2D eigenvalue weighted by molar-refractivity contribution is -0.150. The average molecular weight is 559 g/mol. The summed E-state index contributed by atoms with van der Waals surface area (Å²) >= 11 is 2.43. The van der Waals surface area contributed by atoms with E-state index in [1.165, 1.54) is 35.0 Å². The summed E-state index contributed by atoms with van der Waals surface area (Å²) in [5.74, 6) is -2.26. The minimum atomic E-state index is -1.27. The van der Waals surface area contributed by atoms with Crippen molar-refractivity contribution >= 4 is 64.1 Å². The number of aliphatic hydroxyl groups excluding tert-OH is 1. The number of β-lactam (4-membered cyclic amide) rings is 1. The molecule has 2 aliphatic heterocycles. The number of carbonyl (C=O) groups is 3. The predicted octanol–water partition coefficient (Wildman–Crippen LogP) is -0.989. The number of aliphatic hydroxyl groups is 1. The van der Waals surface area contributed by atoms with Crippen LogP contribution < -0.4 is 16.5 Å². The van der Waals surface area contributed by atoms with Crippen LogP contribution in [0.25, 0.3) is 0 Å². The second-order valence-electron chi connectivity index (χ2n) is 7.46. The highest BCUT2D eigenvalue weighted by Crippen LogP contribution is 2.40. The van der Waals surface area contributed by atoms with Crippen LogP contribution in [0.5, 0.6) is 0 Å². The van der Waals surface area contributed by atoms with E-state index in [-0.39, 0.29) is 65.6 Å². The molecule has 6 N–H and O–H groups in total. The van der Waals surface area contributed by atoms with Gasteiger partial charge in [0.2, 0.25) is 0 Å². The Kier molecular flexibility index (Phi) is 8.44.